The summed E-state index contributed by atoms with van der Waals surface area (Å²) in [7, 11) is -4.03. The number of hydrogen-bond acceptors (Lipinski definition) is 4. The Kier molecular flexibility index (Phi) is 7.17. The molecule has 0 saturated heterocycles. The normalized spacial score (nSPS) is 12.1. The van der Waals surface area contributed by atoms with Crippen LogP contribution >= 0.6 is 0 Å². The van der Waals surface area contributed by atoms with Crippen LogP contribution in [0.25, 0.3) is 10.9 Å². The standard InChI is InChI=1S/C26H24F3N3O4S/c1-17(2)30-25(33)19-5-3-18(4-6-19)16-32-14-13-20-15-21(7-12-24(20)32)31-37(34,35)23-10-8-22(9-11-23)36-26(27,28)29/h3-15,17,31H,16H2,1-2H3,(H,30,33). The van der Waals surface area contributed by atoms with Gasteiger partial charge in [-0.1, -0.05) is 12.1 Å². The molecule has 7 nitrogen and oxygen atoms in total. The molecule has 0 radical (unpaired) electrons. The molecule has 0 unspecified atom stereocenters. The van der Waals surface area contributed by atoms with Crippen LogP contribution in [-0.2, 0) is 16.6 Å². The fraction of sp³-hybridized carbons (Fsp3) is 0.192. The first kappa shape index (κ1) is 26.1. The molecule has 194 valence electrons. The quantitative estimate of drug-likeness (QED) is 0.313. The molecule has 4 aromatic rings. The lowest BCUT2D eigenvalue weighted by atomic mass is 10.1. The van der Waals surface area contributed by atoms with Crippen LogP contribution in [-0.4, -0.2) is 31.3 Å². The summed E-state index contributed by atoms with van der Waals surface area (Å²) in [4.78, 5) is 11.9. The molecule has 0 aliphatic carbocycles. The number of fused-ring (bicyclic) bond motifs is 1. The zero-order valence-electron chi connectivity index (χ0n) is 19.9. The third-order valence-corrected chi connectivity index (χ3v) is 6.78. The molecule has 1 heterocycles. The van der Waals surface area contributed by atoms with Crippen molar-refractivity contribution in [3.63, 3.8) is 0 Å². The van der Waals surface area contributed by atoms with Gasteiger partial charge in [-0.05, 0) is 80.1 Å². The molecule has 0 aliphatic rings. The maximum absolute atomic E-state index is 12.7. The fourth-order valence-corrected chi connectivity index (χ4v) is 4.79. The van der Waals surface area contributed by atoms with Gasteiger partial charge in [0.05, 0.1) is 4.90 Å². The minimum atomic E-state index is -4.86. The number of sulfonamides is 1. The van der Waals surface area contributed by atoms with Crippen molar-refractivity contribution in [2.24, 2.45) is 0 Å². The molecule has 4 rings (SSSR count). The van der Waals surface area contributed by atoms with E-state index >= 15 is 0 Å². The maximum atomic E-state index is 12.7. The third kappa shape index (κ3) is 6.62. The number of amides is 1. The average Bonchev–Trinajstić information content (AvgIpc) is 3.20. The number of halogens is 3. The van der Waals surface area contributed by atoms with Gasteiger partial charge >= 0.3 is 6.36 Å². The molecule has 0 bridgehead atoms. The van der Waals surface area contributed by atoms with Gasteiger partial charge in [0.2, 0.25) is 0 Å². The first-order valence-corrected chi connectivity index (χ1v) is 12.8. The van der Waals surface area contributed by atoms with Crippen molar-refractivity contribution in [2.45, 2.75) is 37.7 Å². The van der Waals surface area contributed by atoms with Gasteiger partial charge in [-0.3, -0.25) is 9.52 Å². The van der Waals surface area contributed by atoms with Gasteiger partial charge in [-0.25, -0.2) is 8.42 Å². The van der Waals surface area contributed by atoms with Crippen molar-refractivity contribution in [1.29, 1.82) is 0 Å². The lowest BCUT2D eigenvalue weighted by molar-refractivity contribution is -0.274. The number of alkyl halides is 3. The monoisotopic (exact) mass is 531 g/mol. The molecule has 0 fully saturated rings. The summed E-state index contributed by atoms with van der Waals surface area (Å²) in [5, 5.41) is 3.64. The van der Waals surface area contributed by atoms with Crippen LogP contribution in [0.5, 0.6) is 5.75 Å². The first-order valence-electron chi connectivity index (χ1n) is 11.3. The summed E-state index contributed by atoms with van der Waals surface area (Å²) in [6.07, 6.45) is -2.99. The number of aromatic nitrogens is 1. The van der Waals surface area contributed by atoms with E-state index in [9.17, 15) is 26.4 Å². The van der Waals surface area contributed by atoms with E-state index in [0.29, 0.717) is 17.8 Å². The Morgan fingerprint density at radius 1 is 0.973 bits per heavy atom. The van der Waals surface area contributed by atoms with E-state index in [2.05, 4.69) is 14.8 Å². The zero-order chi connectivity index (χ0) is 26.8. The number of hydrogen-bond donors (Lipinski definition) is 2. The Morgan fingerprint density at radius 3 is 2.27 bits per heavy atom. The first-order chi connectivity index (χ1) is 17.4. The predicted octanol–water partition coefficient (Wildman–Crippen LogP) is 5.53. The van der Waals surface area contributed by atoms with Crippen LogP contribution in [0.4, 0.5) is 18.9 Å². The van der Waals surface area contributed by atoms with Gasteiger partial charge < -0.3 is 14.6 Å². The highest BCUT2D eigenvalue weighted by molar-refractivity contribution is 7.92. The Labute approximate surface area is 211 Å². The predicted molar refractivity (Wildman–Crippen MR) is 134 cm³/mol. The number of carbonyl (C=O) groups excluding carboxylic acids is 1. The van der Waals surface area contributed by atoms with E-state index < -0.39 is 22.1 Å². The van der Waals surface area contributed by atoms with Crippen molar-refractivity contribution in [3.8, 4) is 5.75 Å². The number of nitrogens with one attached hydrogen (secondary N) is 2. The molecule has 0 spiro atoms. The summed E-state index contributed by atoms with van der Waals surface area (Å²) in [5.41, 5.74) is 2.75. The van der Waals surface area contributed by atoms with Gasteiger partial charge in [0.1, 0.15) is 5.75 Å². The second-order valence-corrected chi connectivity index (χ2v) is 10.3. The van der Waals surface area contributed by atoms with Crippen LogP contribution in [0.2, 0.25) is 0 Å². The highest BCUT2D eigenvalue weighted by Crippen LogP contribution is 2.26. The number of ether oxygens (including phenoxy) is 1. The highest BCUT2D eigenvalue weighted by Gasteiger charge is 2.31. The number of benzene rings is 3. The van der Waals surface area contributed by atoms with Crippen LogP contribution in [0, 0.1) is 0 Å². The molecule has 11 heteroatoms. The number of anilines is 1. The largest absolute Gasteiger partial charge is 0.573 e. The number of rotatable bonds is 8. The van der Waals surface area contributed by atoms with Crippen LogP contribution < -0.4 is 14.8 Å². The van der Waals surface area contributed by atoms with Crippen LogP contribution in [0.1, 0.15) is 29.8 Å². The Hall–Kier alpha value is -3.99. The van der Waals surface area contributed by atoms with Gasteiger partial charge in [0.25, 0.3) is 15.9 Å². The lowest BCUT2D eigenvalue weighted by Gasteiger charge is -2.11. The van der Waals surface area contributed by atoms with E-state index in [-0.39, 0.29) is 16.8 Å². The Balaban J connectivity index is 1.46. The second kappa shape index (κ2) is 10.2. The molecule has 1 amide bonds. The minimum absolute atomic E-state index is 0.0474. The average molecular weight is 532 g/mol. The molecule has 0 saturated carbocycles. The van der Waals surface area contributed by atoms with E-state index in [1.807, 2.05) is 42.8 Å². The number of nitrogens with zero attached hydrogens (tertiary/aromatic N) is 1. The van der Waals surface area contributed by atoms with Crippen molar-refractivity contribution in [3.05, 3.63) is 90.1 Å². The molecular weight excluding hydrogens is 507 g/mol. The SMILES string of the molecule is CC(C)NC(=O)c1ccc(Cn2ccc3cc(NS(=O)(=O)c4ccc(OC(F)(F)F)cc4)ccc32)cc1. The molecular formula is C26H24F3N3O4S. The third-order valence-electron chi connectivity index (χ3n) is 5.38. The Morgan fingerprint density at radius 2 is 1.65 bits per heavy atom. The second-order valence-electron chi connectivity index (χ2n) is 8.67. The van der Waals surface area contributed by atoms with E-state index in [0.717, 1.165) is 40.7 Å². The van der Waals surface area contributed by atoms with E-state index in [1.54, 1.807) is 30.3 Å². The van der Waals surface area contributed by atoms with Gasteiger partial charge in [-0.2, -0.15) is 0 Å². The van der Waals surface area contributed by atoms with Crippen molar-refractivity contribution >= 4 is 32.5 Å². The molecule has 3 aromatic carbocycles. The topological polar surface area (TPSA) is 89.4 Å². The molecule has 37 heavy (non-hydrogen) atoms. The van der Waals surface area contributed by atoms with E-state index in [1.165, 1.54) is 0 Å². The van der Waals surface area contributed by atoms with E-state index in [4.69, 9.17) is 0 Å². The van der Waals surface area contributed by atoms with Crippen LogP contribution in [0.3, 0.4) is 0 Å². The van der Waals surface area contributed by atoms with Crippen molar-refractivity contribution in [2.75, 3.05) is 4.72 Å². The summed E-state index contributed by atoms with van der Waals surface area (Å²) in [6, 6.07) is 18.2. The highest BCUT2D eigenvalue weighted by atomic mass is 32.2. The maximum Gasteiger partial charge on any atom is 0.573 e. The van der Waals surface area contributed by atoms with Crippen molar-refractivity contribution < 1.29 is 31.1 Å². The van der Waals surface area contributed by atoms with Crippen LogP contribution in [0.15, 0.2) is 83.9 Å². The summed E-state index contributed by atoms with van der Waals surface area (Å²) in [5.74, 6) is -0.642. The molecule has 2 N–H and O–H groups in total. The molecule has 0 aliphatic heterocycles. The smallest absolute Gasteiger partial charge is 0.406 e. The minimum Gasteiger partial charge on any atom is -0.406 e. The molecule has 0 atom stereocenters. The summed E-state index contributed by atoms with van der Waals surface area (Å²) >= 11 is 0. The molecule has 1 aromatic heterocycles. The Bertz CT molecular complexity index is 1510. The van der Waals surface area contributed by atoms with Gasteiger partial charge in [-0.15, -0.1) is 13.2 Å². The summed E-state index contributed by atoms with van der Waals surface area (Å²) in [6.45, 7) is 4.34. The zero-order valence-corrected chi connectivity index (χ0v) is 20.7. The van der Waals surface area contributed by atoms with Gasteiger partial charge in [0.15, 0.2) is 0 Å². The summed E-state index contributed by atoms with van der Waals surface area (Å²) < 4.78 is 70.6. The lowest BCUT2D eigenvalue weighted by Crippen LogP contribution is -2.29. The van der Waals surface area contributed by atoms with Crippen molar-refractivity contribution in [1.82, 2.24) is 9.88 Å². The number of carbonyl (C=O) groups is 1. The fourth-order valence-electron chi connectivity index (χ4n) is 3.74. The van der Waals surface area contributed by atoms with Gasteiger partial charge in [0, 0.05) is 40.9 Å².